The van der Waals surface area contributed by atoms with E-state index < -0.39 is 46.9 Å². The minimum absolute atomic E-state index is 0. The van der Waals surface area contributed by atoms with Gasteiger partial charge in [0.2, 0.25) is 11.9 Å². The Kier molecular flexibility index (Phi) is 23.2. The van der Waals surface area contributed by atoms with E-state index in [2.05, 4.69) is 59.5 Å². The van der Waals surface area contributed by atoms with E-state index in [4.69, 9.17) is 4.74 Å². The smallest absolute Gasteiger partial charge is 0.744 e. The van der Waals surface area contributed by atoms with Crippen molar-refractivity contribution in [1.82, 2.24) is 15.0 Å². The molecule has 318 valence electrons. The number of benzene rings is 5. The second kappa shape index (κ2) is 26.0. The second-order valence-corrected chi connectivity index (χ2v) is 16.7. The molecule has 6 aromatic rings. The number of anilines is 3. The standard InChI is InChI=1S/C34H28FN9O13S4.4Na/c1-18-12-19(36-33-37-32(35)38-34(39-33)44-8-10-53-11-9-44)2-5-27(18)41-43-28-6-7-29(24-15-21(58-56-54-45)3-4-23(24)28)42-40-20-13-25-26(30(14-20)60(47,48)49)16-22(59-57-55-46)17-31(25)61(50,51)52;;;;/h2-7,12-17,45-46H,8-11H2,1H3,(H,47,48,49)(H,50,51,52)(H,36,37,38,39);;;;/q;4*+1/p-4. The van der Waals surface area contributed by atoms with Gasteiger partial charge in [0.25, 0.3) is 0 Å². The average molecular weight is 1010 g/mol. The number of rotatable bonds is 15. The Bertz CT molecular complexity index is 2950. The molecule has 0 aliphatic carbocycles. The molecule has 1 N–H and O–H groups in total. The molecule has 0 atom stereocenters. The summed E-state index contributed by atoms with van der Waals surface area (Å²) in [5.41, 5.74) is 1.78. The van der Waals surface area contributed by atoms with E-state index in [-0.39, 0.29) is 158 Å². The third-order valence-corrected chi connectivity index (χ3v) is 11.5. The van der Waals surface area contributed by atoms with Crippen LogP contribution in [0.2, 0.25) is 0 Å². The van der Waals surface area contributed by atoms with Crippen LogP contribution < -0.4 is 139 Å². The van der Waals surface area contributed by atoms with Gasteiger partial charge >= 0.3 is 124 Å². The number of ether oxygens (including phenoxy) is 1. The zero-order chi connectivity index (χ0) is 43.3. The minimum atomic E-state index is -5.34. The number of nitrogens with zero attached hydrogens (tertiary/aromatic N) is 8. The van der Waals surface area contributed by atoms with Crippen LogP contribution in [-0.2, 0) is 43.7 Å². The van der Waals surface area contributed by atoms with Gasteiger partial charge in [0.1, 0.15) is 20.2 Å². The number of halogens is 1. The molecule has 0 saturated carbocycles. The fourth-order valence-corrected chi connectivity index (χ4v) is 8.32. The molecule has 0 bridgehead atoms. The van der Waals surface area contributed by atoms with Gasteiger partial charge in [0.15, 0.2) is 0 Å². The van der Waals surface area contributed by atoms with Crippen LogP contribution in [0.4, 0.5) is 44.7 Å². The molecule has 2 heterocycles. The molecule has 7 rings (SSSR count). The molecule has 0 unspecified atom stereocenters. The molecule has 1 aliphatic heterocycles. The second-order valence-electron chi connectivity index (χ2n) is 12.5. The van der Waals surface area contributed by atoms with Crippen LogP contribution in [0.1, 0.15) is 5.56 Å². The third-order valence-electron chi connectivity index (χ3n) is 8.63. The first kappa shape index (κ1) is 57.9. The van der Waals surface area contributed by atoms with Crippen molar-refractivity contribution in [1.29, 1.82) is 0 Å². The van der Waals surface area contributed by atoms with E-state index in [1.54, 1.807) is 48.2 Å². The van der Waals surface area contributed by atoms with Gasteiger partial charge in [-0.2, -0.15) is 38.2 Å². The van der Waals surface area contributed by atoms with Crippen molar-refractivity contribution in [3.05, 3.63) is 84.4 Å². The van der Waals surface area contributed by atoms with Gasteiger partial charge in [-0.25, -0.2) is 16.8 Å². The quantitative estimate of drug-likeness (QED) is 0.0250. The van der Waals surface area contributed by atoms with E-state index in [1.165, 1.54) is 12.1 Å². The number of nitrogens with one attached hydrogen (secondary N) is 1. The first-order chi connectivity index (χ1) is 29.2. The Balaban J connectivity index is 0.00000281. The number of morpholine rings is 1. The molecule has 1 fully saturated rings. The summed E-state index contributed by atoms with van der Waals surface area (Å²) in [5.74, 6) is 0.178. The molecule has 0 spiro atoms. The molecular formula is C34H24FN9Na4O13S4. The summed E-state index contributed by atoms with van der Waals surface area (Å²) in [7, 11) is -10.7. The number of hydrogen-bond donors (Lipinski definition) is 1. The van der Waals surface area contributed by atoms with Gasteiger partial charge in [-0.15, -0.1) is 10.2 Å². The summed E-state index contributed by atoms with van der Waals surface area (Å²) in [5, 5.41) is 47.5. The zero-order valence-electron chi connectivity index (χ0n) is 34.7. The van der Waals surface area contributed by atoms with Crippen molar-refractivity contribution in [3.8, 4) is 0 Å². The van der Waals surface area contributed by atoms with Crippen molar-refractivity contribution >= 4 is 106 Å². The maximum absolute atomic E-state index is 14.3. The van der Waals surface area contributed by atoms with Gasteiger partial charge in [0, 0.05) is 50.1 Å². The Morgan fingerprint density at radius 2 is 1.25 bits per heavy atom. The van der Waals surface area contributed by atoms with Gasteiger partial charge in [0.05, 0.1) is 69.8 Å². The predicted molar refractivity (Wildman–Crippen MR) is 206 cm³/mol. The number of azo groups is 2. The number of aromatic nitrogens is 3. The largest absolute Gasteiger partial charge is 1.00 e. The molecule has 0 radical (unpaired) electrons. The molecule has 1 aliphatic rings. The van der Waals surface area contributed by atoms with Crippen molar-refractivity contribution in [3.63, 3.8) is 0 Å². The van der Waals surface area contributed by atoms with Crippen LogP contribution in [0.3, 0.4) is 0 Å². The molecule has 1 aromatic heterocycles. The summed E-state index contributed by atoms with van der Waals surface area (Å²) in [6.07, 6.45) is -0.947. The molecule has 0 amide bonds. The fraction of sp³-hybridized carbons (Fsp3) is 0.147. The molecule has 1 saturated heterocycles. The molecule has 22 nitrogen and oxygen atoms in total. The van der Waals surface area contributed by atoms with Gasteiger partial charge in [-0.3, -0.25) is 10.1 Å². The first-order valence-corrected chi connectivity index (χ1v) is 21.3. The van der Waals surface area contributed by atoms with Crippen LogP contribution in [0.5, 0.6) is 0 Å². The molecule has 31 heteroatoms. The van der Waals surface area contributed by atoms with Gasteiger partial charge in [-0.1, -0.05) is 6.07 Å². The summed E-state index contributed by atoms with van der Waals surface area (Å²) < 4.78 is 102. The Hall–Kier alpha value is -1.40. The van der Waals surface area contributed by atoms with E-state index >= 15 is 0 Å². The molecular weight excluding hydrogens is 982 g/mol. The predicted octanol–water partition coefficient (Wildman–Crippen LogP) is -6.68. The Labute approximate surface area is 465 Å². The van der Waals surface area contributed by atoms with Crippen molar-refractivity contribution in [2.45, 2.75) is 26.5 Å². The molecule has 5 aromatic carbocycles. The van der Waals surface area contributed by atoms with Crippen LogP contribution in [-0.4, -0.2) is 67.2 Å². The topological polar surface area (TPSA) is 310 Å². The first-order valence-electron chi connectivity index (χ1n) is 17.0. The maximum atomic E-state index is 14.3. The van der Waals surface area contributed by atoms with Crippen LogP contribution in [0.25, 0.3) is 21.5 Å². The van der Waals surface area contributed by atoms with E-state index in [1.807, 2.05) is 0 Å². The van der Waals surface area contributed by atoms with Crippen LogP contribution in [0, 0.1) is 13.0 Å². The number of aryl methyl sites for hydroxylation is 1. The average Bonchev–Trinajstić information content (AvgIpc) is 3.22. The van der Waals surface area contributed by atoms with Crippen LogP contribution in [0.15, 0.2) is 113 Å². The van der Waals surface area contributed by atoms with Gasteiger partial charge < -0.3 is 34.6 Å². The normalized spacial score (nSPS) is 13.0. The minimum Gasteiger partial charge on any atom is -0.744 e. The van der Waals surface area contributed by atoms with E-state index in [0.717, 1.165) is 24.3 Å². The van der Waals surface area contributed by atoms with Crippen molar-refractivity contribution in [2.24, 2.45) is 20.5 Å². The van der Waals surface area contributed by atoms with E-state index in [9.17, 15) is 40.8 Å². The summed E-state index contributed by atoms with van der Waals surface area (Å²) in [6.45, 7) is 3.70. The monoisotopic (exact) mass is 1000 g/mol. The van der Waals surface area contributed by atoms with Crippen molar-refractivity contribution < 1.29 is 183 Å². The van der Waals surface area contributed by atoms with Crippen molar-refractivity contribution in [2.75, 3.05) is 36.5 Å². The maximum Gasteiger partial charge on any atom is 1.00 e. The Morgan fingerprint density at radius 1 is 0.677 bits per heavy atom. The van der Waals surface area contributed by atoms with Crippen LogP contribution >= 0.6 is 24.1 Å². The molecule has 65 heavy (non-hydrogen) atoms. The number of fused-ring (bicyclic) bond motifs is 2. The Morgan fingerprint density at radius 3 is 1.89 bits per heavy atom. The fourth-order valence-electron chi connectivity index (χ4n) is 6.00. The number of hydrogen-bond acceptors (Lipinski definition) is 24. The van der Waals surface area contributed by atoms with Gasteiger partial charge in [-0.05, 0) is 79.2 Å². The zero-order valence-corrected chi connectivity index (χ0v) is 45.9. The summed E-state index contributed by atoms with van der Waals surface area (Å²) >= 11 is 0.734. The summed E-state index contributed by atoms with van der Waals surface area (Å²) in [6, 6.07) is 16.4. The third kappa shape index (κ3) is 15.0. The SMILES string of the molecule is Cc1cc(Nc2nc(F)nc(N3CCOCC3)n2)ccc1N=Nc1ccc(N=Nc2cc(S(=O)(=O)[O-])c3cc(SOO[O-])cc(S(=O)(=O)[O-])c3c2)c2cc(SOO[O-])ccc12.[Na+].[Na+].[Na+].[Na+]. The summed E-state index contributed by atoms with van der Waals surface area (Å²) in [4.78, 5) is 11.9. The van der Waals surface area contributed by atoms with E-state index in [0.29, 0.717) is 76.6 Å².